The summed E-state index contributed by atoms with van der Waals surface area (Å²) in [6, 6.07) is 8.69. The molecule has 0 saturated heterocycles. The predicted molar refractivity (Wildman–Crippen MR) is 89.2 cm³/mol. The monoisotopic (exact) mass is 383 g/mol. The van der Waals surface area contributed by atoms with Crippen molar-refractivity contribution in [2.24, 2.45) is 0 Å². The summed E-state index contributed by atoms with van der Waals surface area (Å²) in [5, 5.41) is 4.05. The quantitative estimate of drug-likeness (QED) is 0.691. The molecule has 0 spiro atoms. The minimum atomic E-state index is -4.72. The number of nitrogens with zero attached hydrogens (tertiary/aromatic N) is 4. The maximum atomic E-state index is 13.7. The minimum Gasteiger partial charge on any atom is -0.459 e. The van der Waals surface area contributed by atoms with Gasteiger partial charge in [0.05, 0.1) is 11.4 Å². The lowest BCUT2D eigenvalue weighted by atomic mass is 10.1. The van der Waals surface area contributed by atoms with E-state index in [1.807, 2.05) is 0 Å². The molecule has 2 N–H and O–H groups in total. The number of aromatic nitrogens is 4. The van der Waals surface area contributed by atoms with E-state index in [9.17, 15) is 13.2 Å². The fourth-order valence-electron chi connectivity index (χ4n) is 2.37. The molecule has 26 heavy (non-hydrogen) atoms. The number of hydrogen-bond donors (Lipinski definition) is 1. The SMILES string of the molecule is Cc1ccn(-c2ccccc2C(Oc2cc(Cl)nc(N)n2)C(F)(F)F)n1. The molecule has 3 rings (SSSR count). The summed E-state index contributed by atoms with van der Waals surface area (Å²) in [5.74, 6) is -0.666. The van der Waals surface area contributed by atoms with Crippen LogP contribution >= 0.6 is 11.6 Å². The smallest absolute Gasteiger partial charge is 0.429 e. The summed E-state index contributed by atoms with van der Waals surface area (Å²) in [7, 11) is 0. The molecule has 2 aromatic heterocycles. The van der Waals surface area contributed by atoms with Gasteiger partial charge in [-0.2, -0.15) is 23.3 Å². The lowest BCUT2D eigenvalue weighted by Crippen LogP contribution is -2.27. The van der Waals surface area contributed by atoms with Crippen LogP contribution in [0.2, 0.25) is 5.15 Å². The Bertz CT molecular complexity index is 908. The Labute approximate surface area is 151 Å². The highest BCUT2D eigenvalue weighted by atomic mass is 35.5. The van der Waals surface area contributed by atoms with Crippen molar-refractivity contribution in [3.8, 4) is 11.6 Å². The van der Waals surface area contributed by atoms with Crippen molar-refractivity contribution in [3.63, 3.8) is 0 Å². The van der Waals surface area contributed by atoms with Crippen molar-refractivity contribution in [1.82, 2.24) is 19.7 Å². The third-order valence-corrected chi connectivity index (χ3v) is 3.61. The zero-order valence-electron chi connectivity index (χ0n) is 13.4. The minimum absolute atomic E-state index is 0.121. The number of rotatable bonds is 4. The van der Waals surface area contributed by atoms with Crippen LogP contribution in [0.15, 0.2) is 42.6 Å². The number of aryl methyl sites for hydroxylation is 1. The zero-order chi connectivity index (χ0) is 18.9. The van der Waals surface area contributed by atoms with Gasteiger partial charge in [-0.15, -0.1) is 0 Å². The fraction of sp³-hybridized carbons (Fsp3) is 0.188. The van der Waals surface area contributed by atoms with Crippen LogP contribution in [0.5, 0.6) is 5.88 Å². The van der Waals surface area contributed by atoms with E-state index in [4.69, 9.17) is 22.1 Å². The second kappa shape index (κ2) is 6.83. The fourth-order valence-corrected chi connectivity index (χ4v) is 2.55. The van der Waals surface area contributed by atoms with E-state index in [2.05, 4.69) is 15.1 Å². The van der Waals surface area contributed by atoms with E-state index in [1.54, 1.807) is 25.3 Å². The third kappa shape index (κ3) is 3.88. The van der Waals surface area contributed by atoms with Gasteiger partial charge in [-0.05, 0) is 19.1 Å². The van der Waals surface area contributed by atoms with Gasteiger partial charge in [-0.3, -0.25) is 0 Å². The summed E-state index contributed by atoms with van der Waals surface area (Å²) in [6.45, 7) is 1.74. The lowest BCUT2D eigenvalue weighted by molar-refractivity contribution is -0.198. The van der Waals surface area contributed by atoms with E-state index in [1.165, 1.54) is 22.9 Å². The molecule has 0 fully saturated rings. The average molecular weight is 384 g/mol. The number of nitrogens with two attached hydrogens (primary N) is 1. The maximum absolute atomic E-state index is 13.7. The molecule has 6 nitrogen and oxygen atoms in total. The van der Waals surface area contributed by atoms with E-state index in [-0.39, 0.29) is 28.2 Å². The Kier molecular flexibility index (Phi) is 4.73. The van der Waals surface area contributed by atoms with Crippen LogP contribution in [0.3, 0.4) is 0 Å². The highest BCUT2D eigenvalue weighted by Crippen LogP contribution is 2.39. The van der Waals surface area contributed by atoms with Crippen LogP contribution in [-0.4, -0.2) is 25.9 Å². The van der Waals surface area contributed by atoms with Gasteiger partial charge in [0.1, 0.15) is 5.15 Å². The Morgan fingerprint density at radius 2 is 1.92 bits per heavy atom. The van der Waals surface area contributed by atoms with Crippen molar-refractivity contribution >= 4 is 17.5 Å². The second-order valence-electron chi connectivity index (χ2n) is 5.39. The van der Waals surface area contributed by atoms with Crippen LogP contribution in [0.1, 0.15) is 17.4 Å². The first-order valence-corrected chi connectivity index (χ1v) is 7.77. The Hall–Kier alpha value is -2.81. The summed E-state index contributed by atoms with van der Waals surface area (Å²) >= 11 is 5.72. The Morgan fingerprint density at radius 1 is 1.19 bits per heavy atom. The molecule has 1 unspecified atom stereocenters. The van der Waals surface area contributed by atoms with Crippen molar-refractivity contribution in [2.75, 3.05) is 5.73 Å². The van der Waals surface area contributed by atoms with Crippen LogP contribution in [0.4, 0.5) is 19.1 Å². The van der Waals surface area contributed by atoms with Crippen molar-refractivity contribution in [3.05, 3.63) is 59.0 Å². The van der Waals surface area contributed by atoms with Gasteiger partial charge >= 0.3 is 6.18 Å². The van der Waals surface area contributed by atoms with E-state index in [0.29, 0.717) is 5.69 Å². The number of anilines is 1. The van der Waals surface area contributed by atoms with Crippen molar-refractivity contribution < 1.29 is 17.9 Å². The van der Waals surface area contributed by atoms with Gasteiger partial charge in [-0.1, -0.05) is 29.8 Å². The number of para-hydroxylation sites is 1. The normalized spacial score (nSPS) is 12.8. The molecule has 0 aliphatic heterocycles. The number of benzene rings is 1. The molecular formula is C16H13ClF3N5O. The van der Waals surface area contributed by atoms with Crippen LogP contribution < -0.4 is 10.5 Å². The summed E-state index contributed by atoms with van der Waals surface area (Å²) in [5.41, 5.74) is 6.20. The van der Waals surface area contributed by atoms with E-state index in [0.717, 1.165) is 6.07 Å². The molecule has 3 aromatic rings. The van der Waals surface area contributed by atoms with Gasteiger partial charge in [0.25, 0.3) is 0 Å². The molecule has 0 bridgehead atoms. The molecule has 136 valence electrons. The molecule has 10 heteroatoms. The molecule has 0 radical (unpaired) electrons. The molecule has 1 atom stereocenters. The molecule has 2 heterocycles. The molecule has 0 aliphatic rings. The standard InChI is InChI=1S/C16H13ClF3N5O/c1-9-6-7-25(24-9)11-5-3-2-4-10(11)14(16(18,19)20)26-13-8-12(17)22-15(21)23-13/h2-8,14H,1H3,(H2,21,22,23). The summed E-state index contributed by atoms with van der Waals surface area (Å²) in [4.78, 5) is 7.26. The second-order valence-corrected chi connectivity index (χ2v) is 5.77. The predicted octanol–water partition coefficient (Wildman–Crippen LogP) is 3.89. The summed E-state index contributed by atoms with van der Waals surface area (Å²) in [6.07, 6.45) is -5.44. The number of hydrogen-bond acceptors (Lipinski definition) is 5. The molecule has 0 aliphatic carbocycles. The first kappa shape index (κ1) is 18.0. The van der Waals surface area contributed by atoms with E-state index >= 15 is 0 Å². The highest BCUT2D eigenvalue weighted by Gasteiger charge is 2.44. The van der Waals surface area contributed by atoms with Crippen LogP contribution in [0, 0.1) is 6.92 Å². The molecular weight excluding hydrogens is 371 g/mol. The number of ether oxygens (including phenoxy) is 1. The lowest BCUT2D eigenvalue weighted by Gasteiger charge is -2.23. The van der Waals surface area contributed by atoms with Crippen LogP contribution in [0.25, 0.3) is 5.69 Å². The van der Waals surface area contributed by atoms with Crippen molar-refractivity contribution in [1.29, 1.82) is 0 Å². The number of halogens is 4. The first-order valence-electron chi connectivity index (χ1n) is 7.39. The third-order valence-electron chi connectivity index (χ3n) is 3.41. The number of alkyl halides is 3. The first-order chi connectivity index (χ1) is 12.2. The van der Waals surface area contributed by atoms with Gasteiger partial charge in [-0.25, -0.2) is 9.67 Å². The highest BCUT2D eigenvalue weighted by molar-refractivity contribution is 6.29. The Balaban J connectivity index is 2.07. The maximum Gasteiger partial charge on any atom is 0.429 e. The molecule has 1 aromatic carbocycles. The summed E-state index contributed by atoms with van der Waals surface area (Å²) < 4.78 is 47.7. The van der Waals surface area contributed by atoms with Gasteiger partial charge < -0.3 is 10.5 Å². The van der Waals surface area contributed by atoms with Gasteiger partial charge in [0.2, 0.25) is 17.9 Å². The average Bonchev–Trinajstić information content (AvgIpc) is 2.97. The zero-order valence-corrected chi connectivity index (χ0v) is 14.2. The van der Waals surface area contributed by atoms with Gasteiger partial charge in [0.15, 0.2) is 0 Å². The van der Waals surface area contributed by atoms with Crippen molar-refractivity contribution in [2.45, 2.75) is 19.2 Å². The molecule has 0 saturated carbocycles. The topological polar surface area (TPSA) is 78.9 Å². The largest absolute Gasteiger partial charge is 0.459 e. The van der Waals surface area contributed by atoms with E-state index < -0.39 is 12.3 Å². The van der Waals surface area contributed by atoms with Crippen LogP contribution in [-0.2, 0) is 0 Å². The van der Waals surface area contributed by atoms with Gasteiger partial charge in [0, 0.05) is 17.8 Å². The number of nitrogen functional groups attached to an aromatic ring is 1. The Morgan fingerprint density at radius 3 is 2.54 bits per heavy atom. The molecule has 0 amide bonds.